The fourth-order valence-electron chi connectivity index (χ4n) is 3.30. The predicted octanol–water partition coefficient (Wildman–Crippen LogP) is 5.58. The summed E-state index contributed by atoms with van der Waals surface area (Å²) >= 11 is 0. The Kier molecular flexibility index (Phi) is 6.14. The highest BCUT2D eigenvalue weighted by molar-refractivity contribution is 5.90. The quantitative estimate of drug-likeness (QED) is 0.412. The number of fused-ring (bicyclic) bond motifs is 1. The molecule has 4 rings (SSSR count). The number of nitrogens with zero attached hydrogens (tertiary/aromatic N) is 4. The van der Waals surface area contributed by atoms with E-state index >= 15 is 0 Å². The molecule has 1 aromatic carbocycles. The lowest BCUT2D eigenvalue weighted by Gasteiger charge is -2.22. The van der Waals surface area contributed by atoms with Gasteiger partial charge in [-0.3, -0.25) is 10.3 Å². The summed E-state index contributed by atoms with van der Waals surface area (Å²) in [5, 5.41) is 7.21. The van der Waals surface area contributed by atoms with Crippen molar-refractivity contribution in [1.82, 2.24) is 19.7 Å². The van der Waals surface area contributed by atoms with Crippen molar-refractivity contribution >= 4 is 22.8 Å². The number of hydrogen-bond donors (Lipinski definition) is 1. The van der Waals surface area contributed by atoms with Crippen LogP contribution in [0.1, 0.15) is 39.5 Å². The lowest BCUT2D eigenvalue weighted by atomic mass is 10.2. The van der Waals surface area contributed by atoms with E-state index in [9.17, 15) is 13.6 Å². The number of benzene rings is 1. The number of aromatic nitrogens is 4. The van der Waals surface area contributed by atoms with Crippen LogP contribution < -0.4 is 10.1 Å². The van der Waals surface area contributed by atoms with E-state index < -0.39 is 29.4 Å². The number of amides is 1. The van der Waals surface area contributed by atoms with Gasteiger partial charge in [0.05, 0.1) is 17.4 Å². The Morgan fingerprint density at radius 2 is 1.94 bits per heavy atom. The molecule has 0 aliphatic carbocycles. The minimum absolute atomic E-state index is 0.0861. The molecule has 1 atom stereocenters. The van der Waals surface area contributed by atoms with Crippen molar-refractivity contribution in [3.63, 3.8) is 0 Å². The molecule has 0 aliphatic rings. The number of rotatable bonds is 5. The van der Waals surface area contributed by atoms with Gasteiger partial charge in [0.2, 0.25) is 0 Å². The van der Waals surface area contributed by atoms with Gasteiger partial charge in [-0.25, -0.2) is 23.2 Å². The van der Waals surface area contributed by atoms with E-state index in [0.29, 0.717) is 22.3 Å². The monoisotopic (exact) mass is 467 g/mol. The van der Waals surface area contributed by atoms with E-state index in [1.165, 1.54) is 28.9 Å². The van der Waals surface area contributed by atoms with Crippen LogP contribution in [-0.4, -0.2) is 31.4 Å². The van der Waals surface area contributed by atoms with Crippen LogP contribution in [0.5, 0.6) is 5.75 Å². The molecule has 0 spiro atoms. The number of carbonyl (C=O) groups is 1. The van der Waals surface area contributed by atoms with Gasteiger partial charge in [-0.1, -0.05) is 0 Å². The van der Waals surface area contributed by atoms with Crippen molar-refractivity contribution < 1.29 is 23.0 Å². The molecule has 0 saturated heterocycles. The zero-order chi connectivity index (χ0) is 24.5. The first-order chi connectivity index (χ1) is 16.1. The lowest BCUT2D eigenvalue weighted by molar-refractivity contribution is 0.0634. The van der Waals surface area contributed by atoms with E-state index in [-0.39, 0.29) is 11.6 Å². The average Bonchev–Trinajstić information content (AvgIpc) is 3.27. The van der Waals surface area contributed by atoms with Gasteiger partial charge in [-0.05, 0) is 58.0 Å². The maximum absolute atomic E-state index is 13.9. The molecule has 0 unspecified atom stereocenters. The molecule has 0 aliphatic heterocycles. The first-order valence-electron chi connectivity index (χ1n) is 10.5. The number of carbonyl (C=O) groups excluding carboxylic acids is 1. The van der Waals surface area contributed by atoms with Gasteiger partial charge in [-0.15, -0.1) is 0 Å². The Hall–Kier alpha value is -4.08. The first-order valence-corrected chi connectivity index (χ1v) is 10.5. The highest BCUT2D eigenvalue weighted by Gasteiger charge is 2.22. The van der Waals surface area contributed by atoms with Gasteiger partial charge in [-0.2, -0.15) is 5.10 Å². The van der Waals surface area contributed by atoms with E-state index in [0.717, 1.165) is 6.20 Å². The van der Waals surface area contributed by atoms with Crippen molar-refractivity contribution in [2.75, 3.05) is 5.32 Å². The Labute approximate surface area is 194 Å². The fourth-order valence-corrected chi connectivity index (χ4v) is 3.30. The largest absolute Gasteiger partial charge is 0.480 e. The molecular formula is C24H23F2N5O3. The first kappa shape index (κ1) is 23.1. The summed E-state index contributed by atoms with van der Waals surface area (Å²) in [6, 6.07) is 8.63. The topological polar surface area (TPSA) is 91.2 Å². The van der Waals surface area contributed by atoms with Crippen LogP contribution in [0.15, 0.2) is 55.0 Å². The molecular weight excluding hydrogens is 444 g/mol. The van der Waals surface area contributed by atoms with Crippen molar-refractivity contribution in [2.24, 2.45) is 0 Å². The van der Waals surface area contributed by atoms with Gasteiger partial charge in [0.15, 0.2) is 11.6 Å². The third kappa shape index (κ3) is 5.28. The van der Waals surface area contributed by atoms with E-state index in [2.05, 4.69) is 20.4 Å². The van der Waals surface area contributed by atoms with Gasteiger partial charge in [0, 0.05) is 23.8 Å². The standard InChI is InChI=1S/C24H23F2N5O3/c1-14(21-19(12-17(26)13-27-21)31-9-5-8-28-31)33-20-11-15-10-16(25)6-7-18(15)29-22(20)30-23(32)34-24(2,3)4/h5-14H,1-4H3,(H,29,30,32)/t14-/m0/s1. The Morgan fingerprint density at radius 3 is 2.65 bits per heavy atom. The van der Waals surface area contributed by atoms with E-state index in [1.807, 2.05) is 0 Å². The minimum Gasteiger partial charge on any atom is -0.480 e. The molecule has 1 amide bonds. The number of pyridine rings is 2. The fraction of sp³-hybridized carbons (Fsp3) is 0.250. The van der Waals surface area contributed by atoms with Crippen LogP contribution in [-0.2, 0) is 4.74 Å². The summed E-state index contributed by atoms with van der Waals surface area (Å²) in [7, 11) is 0. The number of nitrogens with one attached hydrogen (secondary N) is 1. The molecule has 34 heavy (non-hydrogen) atoms. The number of anilines is 1. The van der Waals surface area contributed by atoms with Crippen molar-refractivity contribution in [2.45, 2.75) is 39.4 Å². The number of hydrogen-bond acceptors (Lipinski definition) is 6. The maximum atomic E-state index is 13.9. The summed E-state index contributed by atoms with van der Waals surface area (Å²) in [5.41, 5.74) is 0.505. The van der Waals surface area contributed by atoms with Crippen LogP contribution >= 0.6 is 0 Å². The maximum Gasteiger partial charge on any atom is 0.413 e. The molecule has 8 nitrogen and oxygen atoms in total. The van der Waals surface area contributed by atoms with Gasteiger partial charge >= 0.3 is 6.09 Å². The summed E-state index contributed by atoms with van der Waals surface area (Å²) < 4.78 is 40.7. The van der Waals surface area contributed by atoms with Gasteiger partial charge in [0.25, 0.3) is 0 Å². The average molecular weight is 467 g/mol. The smallest absolute Gasteiger partial charge is 0.413 e. The summed E-state index contributed by atoms with van der Waals surface area (Å²) in [5.74, 6) is -0.726. The highest BCUT2D eigenvalue weighted by Crippen LogP contribution is 2.33. The molecule has 1 N–H and O–H groups in total. The second-order valence-electron chi connectivity index (χ2n) is 8.57. The lowest BCUT2D eigenvalue weighted by Crippen LogP contribution is -2.27. The van der Waals surface area contributed by atoms with Gasteiger partial charge < -0.3 is 9.47 Å². The van der Waals surface area contributed by atoms with Crippen LogP contribution in [0.4, 0.5) is 19.4 Å². The molecule has 3 heterocycles. The Balaban J connectivity index is 1.72. The Morgan fingerprint density at radius 1 is 1.15 bits per heavy atom. The second-order valence-corrected chi connectivity index (χ2v) is 8.57. The van der Waals surface area contributed by atoms with Gasteiger partial charge in [0.1, 0.15) is 29.0 Å². The second kappa shape index (κ2) is 9.05. The van der Waals surface area contributed by atoms with Crippen molar-refractivity contribution in [3.8, 4) is 11.4 Å². The molecule has 176 valence electrons. The molecule has 0 radical (unpaired) electrons. The summed E-state index contributed by atoms with van der Waals surface area (Å²) in [6.07, 6.45) is 2.85. The molecule has 3 aromatic heterocycles. The summed E-state index contributed by atoms with van der Waals surface area (Å²) in [6.45, 7) is 6.92. The SMILES string of the molecule is C[C@H](Oc1cc2cc(F)ccc2nc1NC(=O)OC(C)(C)C)c1ncc(F)cc1-n1cccn1. The number of ether oxygens (including phenoxy) is 2. The molecule has 0 fully saturated rings. The molecule has 10 heteroatoms. The third-order valence-electron chi connectivity index (χ3n) is 4.67. The van der Waals surface area contributed by atoms with E-state index in [1.54, 1.807) is 52.2 Å². The Bertz CT molecular complexity index is 1340. The predicted molar refractivity (Wildman–Crippen MR) is 122 cm³/mol. The van der Waals surface area contributed by atoms with Crippen molar-refractivity contribution in [3.05, 3.63) is 72.3 Å². The number of halogens is 2. The zero-order valence-electron chi connectivity index (χ0n) is 19.0. The van der Waals surface area contributed by atoms with Crippen LogP contribution in [0.2, 0.25) is 0 Å². The third-order valence-corrected chi connectivity index (χ3v) is 4.67. The molecule has 0 saturated carbocycles. The van der Waals surface area contributed by atoms with E-state index in [4.69, 9.17) is 9.47 Å². The minimum atomic E-state index is -0.727. The summed E-state index contributed by atoms with van der Waals surface area (Å²) in [4.78, 5) is 21.0. The highest BCUT2D eigenvalue weighted by atomic mass is 19.1. The molecule has 0 bridgehead atoms. The zero-order valence-corrected chi connectivity index (χ0v) is 19.0. The molecule has 4 aromatic rings. The van der Waals surface area contributed by atoms with Crippen molar-refractivity contribution in [1.29, 1.82) is 0 Å². The van der Waals surface area contributed by atoms with Crippen LogP contribution in [0, 0.1) is 11.6 Å². The normalized spacial score (nSPS) is 12.4. The van der Waals surface area contributed by atoms with Crippen LogP contribution in [0.3, 0.4) is 0 Å². The van der Waals surface area contributed by atoms with Crippen LogP contribution in [0.25, 0.3) is 16.6 Å².